The second-order valence-corrected chi connectivity index (χ2v) is 5.90. The highest BCUT2D eigenvalue weighted by molar-refractivity contribution is 7.14. The lowest BCUT2D eigenvalue weighted by molar-refractivity contribution is 0.103. The fourth-order valence-electron chi connectivity index (χ4n) is 1.95. The van der Waals surface area contributed by atoms with Crippen molar-refractivity contribution in [3.8, 4) is 11.8 Å². The molecule has 1 aromatic heterocycles. The fourth-order valence-corrected chi connectivity index (χ4v) is 2.73. The van der Waals surface area contributed by atoms with Crippen LogP contribution in [0, 0.1) is 11.8 Å². The van der Waals surface area contributed by atoms with E-state index in [0.717, 1.165) is 16.1 Å². The Balaban J connectivity index is 2.17. The molecule has 21 heavy (non-hydrogen) atoms. The first-order chi connectivity index (χ1) is 10.1. The SMILES string of the molecule is CC(C)c1ccccc1NC(=O)c1ccc(C#CCO)s1. The van der Waals surface area contributed by atoms with Gasteiger partial charge >= 0.3 is 0 Å². The van der Waals surface area contributed by atoms with Crippen molar-refractivity contribution in [2.24, 2.45) is 0 Å². The predicted octanol–water partition coefficient (Wildman–Crippen LogP) is 3.47. The number of hydrogen-bond acceptors (Lipinski definition) is 3. The van der Waals surface area contributed by atoms with Gasteiger partial charge in [-0.1, -0.05) is 43.9 Å². The minimum absolute atomic E-state index is 0.134. The number of aliphatic hydroxyl groups is 1. The van der Waals surface area contributed by atoms with Crippen molar-refractivity contribution in [3.63, 3.8) is 0 Å². The van der Waals surface area contributed by atoms with Crippen LogP contribution < -0.4 is 5.32 Å². The Kier molecular flexibility index (Phi) is 5.15. The molecule has 0 radical (unpaired) electrons. The normalized spacial score (nSPS) is 10.1. The molecule has 1 heterocycles. The number of amides is 1. The summed E-state index contributed by atoms with van der Waals surface area (Å²) in [5, 5.41) is 11.6. The number of carbonyl (C=O) groups is 1. The van der Waals surface area contributed by atoms with Crippen LogP contribution in [0.25, 0.3) is 0 Å². The molecule has 0 atom stereocenters. The van der Waals surface area contributed by atoms with Gasteiger partial charge < -0.3 is 10.4 Å². The van der Waals surface area contributed by atoms with Gasteiger partial charge in [0.25, 0.3) is 5.91 Å². The maximum Gasteiger partial charge on any atom is 0.265 e. The summed E-state index contributed by atoms with van der Waals surface area (Å²) in [6, 6.07) is 11.4. The van der Waals surface area contributed by atoms with Crippen LogP contribution in [0.1, 0.15) is 39.9 Å². The average molecular weight is 299 g/mol. The van der Waals surface area contributed by atoms with Gasteiger partial charge in [0, 0.05) is 5.69 Å². The highest BCUT2D eigenvalue weighted by Gasteiger charge is 2.12. The first-order valence-electron chi connectivity index (χ1n) is 6.71. The number of anilines is 1. The van der Waals surface area contributed by atoms with Gasteiger partial charge in [0.2, 0.25) is 0 Å². The van der Waals surface area contributed by atoms with Crippen molar-refractivity contribution < 1.29 is 9.90 Å². The summed E-state index contributed by atoms with van der Waals surface area (Å²) in [5.74, 6) is 5.59. The summed E-state index contributed by atoms with van der Waals surface area (Å²) < 4.78 is 0. The van der Waals surface area contributed by atoms with E-state index in [0.29, 0.717) is 10.8 Å². The third-order valence-electron chi connectivity index (χ3n) is 2.95. The quantitative estimate of drug-likeness (QED) is 0.853. The van der Waals surface area contributed by atoms with Crippen LogP contribution in [-0.2, 0) is 0 Å². The molecular weight excluding hydrogens is 282 g/mol. The third-order valence-corrected chi connectivity index (χ3v) is 3.95. The van der Waals surface area contributed by atoms with Crippen LogP contribution in [0.2, 0.25) is 0 Å². The van der Waals surface area contributed by atoms with E-state index >= 15 is 0 Å². The highest BCUT2D eigenvalue weighted by Crippen LogP contribution is 2.25. The molecule has 0 aliphatic carbocycles. The monoisotopic (exact) mass is 299 g/mol. The van der Waals surface area contributed by atoms with E-state index in [1.807, 2.05) is 24.3 Å². The number of hydrogen-bond donors (Lipinski definition) is 2. The van der Waals surface area contributed by atoms with Crippen molar-refractivity contribution in [1.82, 2.24) is 0 Å². The molecule has 2 N–H and O–H groups in total. The number of thiophene rings is 1. The van der Waals surface area contributed by atoms with E-state index in [2.05, 4.69) is 31.0 Å². The zero-order chi connectivity index (χ0) is 15.2. The van der Waals surface area contributed by atoms with E-state index in [1.165, 1.54) is 11.3 Å². The molecule has 0 aliphatic heterocycles. The molecule has 4 heteroatoms. The average Bonchev–Trinajstić information content (AvgIpc) is 2.94. The summed E-state index contributed by atoms with van der Waals surface area (Å²) in [7, 11) is 0. The Bertz CT molecular complexity index is 692. The van der Waals surface area contributed by atoms with E-state index in [1.54, 1.807) is 12.1 Å². The molecule has 1 aromatic carbocycles. The van der Waals surface area contributed by atoms with Gasteiger partial charge in [-0.05, 0) is 29.7 Å². The topological polar surface area (TPSA) is 49.3 Å². The second kappa shape index (κ2) is 7.07. The van der Waals surface area contributed by atoms with E-state index in [4.69, 9.17) is 5.11 Å². The van der Waals surface area contributed by atoms with E-state index < -0.39 is 0 Å². The van der Waals surface area contributed by atoms with Crippen LogP contribution in [0.4, 0.5) is 5.69 Å². The Labute approximate surface area is 128 Å². The van der Waals surface area contributed by atoms with Gasteiger partial charge in [-0.15, -0.1) is 11.3 Å². The summed E-state index contributed by atoms with van der Waals surface area (Å²) in [6.45, 7) is 4.01. The third kappa shape index (κ3) is 3.94. The molecule has 3 nitrogen and oxygen atoms in total. The lowest BCUT2D eigenvalue weighted by atomic mass is 10.0. The molecule has 108 valence electrons. The molecule has 0 aliphatic rings. The lowest BCUT2D eigenvalue weighted by Gasteiger charge is -2.12. The Morgan fingerprint density at radius 3 is 2.76 bits per heavy atom. The predicted molar refractivity (Wildman–Crippen MR) is 86.8 cm³/mol. The van der Waals surface area contributed by atoms with Gasteiger partial charge in [0.1, 0.15) is 6.61 Å². The molecule has 0 spiro atoms. The van der Waals surface area contributed by atoms with Crippen LogP contribution in [0.15, 0.2) is 36.4 Å². The molecule has 0 fully saturated rings. The number of para-hydroxylation sites is 1. The highest BCUT2D eigenvalue weighted by atomic mass is 32.1. The van der Waals surface area contributed by atoms with Crippen LogP contribution in [0.3, 0.4) is 0 Å². The Hall–Kier alpha value is -2.09. The minimum atomic E-state index is -0.179. The summed E-state index contributed by atoms with van der Waals surface area (Å²) in [4.78, 5) is 13.7. The molecule has 0 saturated heterocycles. The number of carbonyl (C=O) groups excluding carboxylic acids is 1. The van der Waals surface area contributed by atoms with Crippen molar-refractivity contribution in [1.29, 1.82) is 0 Å². The van der Waals surface area contributed by atoms with Gasteiger partial charge in [-0.25, -0.2) is 0 Å². The number of benzene rings is 1. The minimum Gasteiger partial charge on any atom is -0.384 e. The lowest BCUT2D eigenvalue weighted by Crippen LogP contribution is -2.12. The van der Waals surface area contributed by atoms with E-state index in [-0.39, 0.29) is 12.5 Å². The number of nitrogens with one attached hydrogen (secondary N) is 1. The van der Waals surface area contributed by atoms with Crippen LogP contribution in [0.5, 0.6) is 0 Å². The Morgan fingerprint density at radius 1 is 1.29 bits per heavy atom. The van der Waals surface area contributed by atoms with Gasteiger partial charge in [0.05, 0.1) is 9.75 Å². The van der Waals surface area contributed by atoms with Crippen molar-refractivity contribution in [3.05, 3.63) is 51.7 Å². The Morgan fingerprint density at radius 2 is 2.05 bits per heavy atom. The maximum atomic E-state index is 12.3. The van der Waals surface area contributed by atoms with E-state index in [9.17, 15) is 4.79 Å². The first kappa shape index (κ1) is 15.3. The second-order valence-electron chi connectivity index (χ2n) is 4.82. The van der Waals surface area contributed by atoms with Crippen LogP contribution >= 0.6 is 11.3 Å². The summed E-state index contributed by atoms with van der Waals surface area (Å²) in [6.07, 6.45) is 0. The molecule has 0 unspecified atom stereocenters. The van der Waals surface area contributed by atoms with Crippen molar-refractivity contribution >= 4 is 22.9 Å². The van der Waals surface area contributed by atoms with Gasteiger partial charge in [-0.3, -0.25) is 4.79 Å². The molecule has 2 rings (SSSR count). The summed E-state index contributed by atoms with van der Waals surface area (Å²) in [5.41, 5.74) is 1.96. The smallest absolute Gasteiger partial charge is 0.265 e. The first-order valence-corrected chi connectivity index (χ1v) is 7.53. The molecule has 1 amide bonds. The number of aliphatic hydroxyl groups excluding tert-OH is 1. The van der Waals surface area contributed by atoms with Gasteiger partial charge in [-0.2, -0.15) is 0 Å². The molecule has 0 saturated carbocycles. The fraction of sp³-hybridized carbons (Fsp3) is 0.235. The molecule has 2 aromatic rings. The van der Waals surface area contributed by atoms with Crippen LogP contribution in [-0.4, -0.2) is 17.6 Å². The van der Waals surface area contributed by atoms with Crippen molar-refractivity contribution in [2.45, 2.75) is 19.8 Å². The van der Waals surface area contributed by atoms with Crippen molar-refractivity contribution in [2.75, 3.05) is 11.9 Å². The molecular formula is C17H17NO2S. The zero-order valence-electron chi connectivity index (χ0n) is 12.0. The largest absolute Gasteiger partial charge is 0.384 e. The standard InChI is InChI=1S/C17H17NO2S/c1-12(2)14-7-3-4-8-15(14)18-17(20)16-10-9-13(21-16)6-5-11-19/h3-4,7-10,12,19H,11H2,1-2H3,(H,18,20). The molecule has 0 bridgehead atoms. The zero-order valence-corrected chi connectivity index (χ0v) is 12.8. The van der Waals surface area contributed by atoms with Gasteiger partial charge in [0.15, 0.2) is 0 Å². The maximum absolute atomic E-state index is 12.3. The summed E-state index contributed by atoms with van der Waals surface area (Å²) >= 11 is 1.32. The number of rotatable bonds is 3.